The van der Waals surface area contributed by atoms with Crippen LogP contribution in [0.1, 0.15) is 51.7 Å². The fourth-order valence-corrected chi connectivity index (χ4v) is 2.93. The van der Waals surface area contributed by atoms with E-state index in [1.807, 2.05) is 38.1 Å². The van der Waals surface area contributed by atoms with Crippen molar-refractivity contribution in [1.29, 1.82) is 0 Å². The zero-order valence-corrected chi connectivity index (χ0v) is 14.2. The molecule has 1 aromatic rings. The van der Waals surface area contributed by atoms with Crippen LogP contribution >= 0.6 is 0 Å². The van der Waals surface area contributed by atoms with Gasteiger partial charge in [-0.05, 0) is 50.3 Å². The molecule has 2 rings (SSSR count). The molecule has 128 valence electrons. The third-order valence-electron chi connectivity index (χ3n) is 4.27. The number of carbonyl (C=O) groups excluding carboxylic acids is 1. The summed E-state index contributed by atoms with van der Waals surface area (Å²) < 4.78 is 5.57. The first-order chi connectivity index (χ1) is 11.0. The lowest BCUT2D eigenvalue weighted by Crippen LogP contribution is -2.44. The van der Waals surface area contributed by atoms with Crippen LogP contribution in [0.15, 0.2) is 24.3 Å². The number of aliphatic hydroxyl groups is 1. The number of amides is 2. The molecule has 0 bridgehead atoms. The number of rotatable bonds is 6. The van der Waals surface area contributed by atoms with Gasteiger partial charge in [0, 0.05) is 12.6 Å². The predicted octanol–water partition coefficient (Wildman–Crippen LogP) is 3.00. The normalized spacial score (nSPS) is 22.0. The van der Waals surface area contributed by atoms with E-state index in [1.165, 1.54) is 12.8 Å². The number of urea groups is 1. The summed E-state index contributed by atoms with van der Waals surface area (Å²) in [6.45, 7) is 6.29. The molecule has 3 atom stereocenters. The lowest BCUT2D eigenvalue weighted by Gasteiger charge is -2.19. The van der Waals surface area contributed by atoms with Crippen LogP contribution in [0.2, 0.25) is 0 Å². The van der Waals surface area contributed by atoms with Crippen LogP contribution in [0, 0.1) is 5.92 Å². The highest BCUT2D eigenvalue weighted by atomic mass is 16.5. The molecule has 1 saturated carbocycles. The zero-order chi connectivity index (χ0) is 16.8. The SMILES string of the molecule is CC(C)Oc1ccc(C(O)CNC(=O)NC2CCCC2C)cc1. The van der Waals surface area contributed by atoms with Gasteiger partial charge in [0.25, 0.3) is 0 Å². The Morgan fingerprint density at radius 2 is 2.00 bits per heavy atom. The van der Waals surface area contributed by atoms with Gasteiger partial charge in [-0.15, -0.1) is 0 Å². The number of benzene rings is 1. The van der Waals surface area contributed by atoms with Crippen molar-refractivity contribution in [3.05, 3.63) is 29.8 Å². The Hall–Kier alpha value is -1.75. The standard InChI is InChI=1S/C18H28N2O3/c1-12(2)23-15-9-7-14(8-10-15)17(21)11-19-18(22)20-16-6-4-5-13(16)3/h7-10,12-13,16-17,21H,4-6,11H2,1-3H3,(H2,19,20,22). The Balaban J connectivity index is 1.77. The van der Waals surface area contributed by atoms with E-state index in [0.29, 0.717) is 5.92 Å². The van der Waals surface area contributed by atoms with Crippen LogP contribution in [0.4, 0.5) is 4.79 Å². The van der Waals surface area contributed by atoms with E-state index < -0.39 is 6.10 Å². The van der Waals surface area contributed by atoms with Crippen molar-refractivity contribution in [3.63, 3.8) is 0 Å². The molecule has 1 aliphatic rings. The minimum Gasteiger partial charge on any atom is -0.491 e. The summed E-state index contributed by atoms with van der Waals surface area (Å²) in [6.07, 6.45) is 2.76. The number of carbonyl (C=O) groups is 1. The molecule has 5 nitrogen and oxygen atoms in total. The van der Waals surface area contributed by atoms with Gasteiger partial charge in [-0.1, -0.05) is 25.5 Å². The second-order valence-corrected chi connectivity index (χ2v) is 6.62. The van der Waals surface area contributed by atoms with E-state index >= 15 is 0 Å². The van der Waals surface area contributed by atoms with Crippen LogP contribution < -0.4 is 15.4 Å². The smallest absolute Gasteiger partial charge is 0.315 e. The quantitative estimate of drug-likeness (QED) is 0.754. The Kier molecular flexibility index (Phi) is 6.28. The summed E-state index contributed by atoms with van der Waals surface area (Å²) in [4.78, 5) is 11.9. The molecule has 1 aliphatic carbocycles. The summed E-state index contributed by atoms with van der Waals surface area (Å²) in [5, 5.41) is 15.9. The van der Waals surface area contributed by atoms with Crippen LogP contribution in [0.3, 0.4) is 0 Å². The lowest BCUT2D eigenvalue weighted by atomic mass is 10.1. The average Bonchev–Trinajstić information content (AvgIpc) is 2.90. The number of aliphatic hydroxyl groups excluding tert-OH is 1. The first-order valence-corrected chi connectivity index (χ1v) is 8.44. The van der Waals surface area contributed by atoms with Gasteiger partial charge in [0.15, 0.2) is 0 Å². The minimum absolute atomic E-state index is 0.120. The van der Waals surface area contributed by atoms with Gasteiger partial charge >= 0.3 is 6.03 Å². The average molecular weight is 320 g/mol. The van der Waals surface area contributed by atoms with Crippen molar-refractivity contribution >= 4 is 6.03 Å². The monoisotopic (exact) mass is 320 g/mol. The van der Waals surface area contributed by atoms with Crippen molar-refractivity contribution in [2.24, 2.45) is 5.92 Å². The number of hydrogen-bond acceptors (Lipinski definition) is 3. The third kappa shape index (κ3) is 5.43. The second-order valence-electron chi connectivity index (χ2n) is 6.62. The fraction of sp³-hybridized carbons (Fsp3) is 0.611. The Morgan fingerprint density at radius 3 is 2.57 bits per heavy atom. The maximum Gasteiger partial charge on any atom is 0.315 e. The maximum absolute atomic E-state index is 11.9. The zero-order valence-electron chi connectivity index (χ0n) is 14.2. The van der Waals surface area contributed by atoms with Gasteiger partial charge in [-0.3, -0.25) is 0 Å². The number of ether oxygens (including phenoxy) is 1. The third-order valence-corrected chi connectivity index (χ3v) is 4.27. The molecule has 0 aromatic heterocycles. The van der Waals surface area contributed by atoms with Crippen LogP contribution in [0.5, 0.6) is 5.75 Å². The van der Waals surface area contributed by atoms with Crippen LogP contribution in [-0.2, 0) is 0 Å². The Morgan fingerprint density at radius 1 is 1.30 bits per heavy atom. The molecule has 3 N–H and O–H groups in total. The summed E-state index contributed by atoms with van der Waals surface area (Å²) in [6, 6.07) is 7.35. The molecule has 2 amide bonds. The van der Waals surface area contributed by atoms with Gasteiger partial charge in [-0.2, -0.15) is 0 Å². The van der Waals surface area contributed by atoms with Gasteiger partial charge in [0.2, 0.25) is 0 Å². The molecule has 23 heavy (non-hydrogen) atoms. The highest BCUT2D eigenvalue weighted by molar-refractivity contribution is 5.74. The fourth-order valence-electron chi connectivity index (χ4n) is 2.93. The Labute approximate surface area is 138 Å². The highest BCUT2D eigenvalue weighted by Crippen LogP contribution is 2.24. The van der Waals surface area contributed by atoms with E-state index in [-0.39, 0.29) is 24.7 Å². The second kappa shape index (κ2) is 8.20. The molecule has 0 saturated heterocycles. The van der Waals surface area contributed by atoms with Crippen LogP contribution in [0.25, 0.3) is 0 Å². The summed E-state index contributed by atoms with van der Waals surface area (Å²) >= 11 is 0. The summed E-state index contributed by atoms with van der Waals surface area (Å²) in [7, 11) is 0. The molecular formula is C18H28N2O3. The molecule has 5 heteroatoms. The van der Waals surface area contributed by atoms with Gasteiger partial charge in [0.1, 0.15) is 5.75 Å². The van der Waals surface area contributed by atoms with Gasteiger partial charge < -0.3 is 20.5 Å². The molecule has 1 fully saturated rings. The van der Waals surface area contributed by atoms with E-state index in [9.17, 15) is 9.90 Å². The molecule has 0 aliphatic heterocycles. The lowest BCUT2D eigenvalue weighted by molar-refractivity contribution is 0.172. The van der Waals surface area contributed by atoms with Crippen molar-refractivity contribution in [3.8, 4) is 5.75 Å². The van der Waals surface area contributed by atoms with E-state index in [4.69, 9.17) is 4.74 Å². The molecule has 0 radical (unpaired) electrons. The highest BCUT2D eigenvalue weighted by Gasteiger charge is 2.24. The van der Waals surface area contributed by atoms with Crippen molar-refractivity contribution in [1.82, 2.24) is 10.6 Å². The van der Waals surface area contributed by atoms with E-state index in [1.54, 1.807) is 0 Å². The van der Waals surface area contributed by atoms with E-state index in [2.05, 4.69) is 17.6 Å². The number of nitrogens with one attached hydrogen (secondary N) is 2. The molecule has 1 aromatic carbocycles. The van der Waals surface area contributed by atoms with E-state index in [0.717, 1.165) is 17.7 Å². The summed E-state index contributed by atoms with van der Waals surface area (Å²) in [5.41, 5.74) is 0.760. The Bertz CT molecular complexity index is 501. The van der Waals surface area contributed by atoms with Crippen molar-refractivity contribution in [2.75, 3.05) is 6.54 Å². The summed E-state index contributed by atoms with van der Waals surface area (Å²) in [5.74, 6) is 1.30. The predicted molar refractivity (Wildman–Crippen MR) is 90.5 cm³/mol. The van der Waals surface area contributed by atoms with Crippen LogP contribution in [-0.4, -0.2) is 29.8 Å². The number of hydrogen-bond donors (Lipinski definition) is 3. The van der Waals surface area contributed by atoms with Gasteiger partial charge in [0.05, 0.1) is 12.2 Å². The molecule has 3 unspecified atom stereocenters. The largest absolute Gasteiger partial charge is 0.491 e. The molecule has 0 heterocycles. The van der Waals surface area contributed by atoms with Crippen molar-refractivity contribution < 1.29 is 14.6 Å². The van der Waals surface area contributed by atoms with Crippen molar-refractivity contribution in [2.45, 2.75) is 58.3 Å². The van der Waals surface area contributed by atoms with Gasteiger partial charge in [-0.25, -0.2) is 4.79 Å². The topological polar surface area (TPSA) is 70.6 Å². The molecule has 0 spiro atoms. The first-order valence-electron chi connectivity index (χ1n) is 8.44. The minimum atomic E-state index is -0.727. The molecular weight excluding hydrogens is 292 g/mol. The maximum atomic E-state index is 11.9. The first kappa shape index (κ1) is 17.6.